The van der Waals surface area contributed by atoms with Crippen LogP contribution in [-0.2, 0) is 17.9 Å². The number of rotatable bonds is 5. The van der Waals surface area contributed by atoms with Gasteiger partial charge < -0.3 is 5.32 Å². The van der Waals surface area contributed by atoms with Gasteiger partial charge in [-0.2, -0.15) is 0 Å². The number of anilines is 1. The van der Waals surface area contributed by atoms with Gasteiger partial charge in [0.05, 0.1) is 16.2 Å². The Balaban J connectivity index is 1.85. The number of pyridine rings is 1. The molecule has 0 spiro atoms. The van der Waals surface area contributed by atoms with E-state index in [0.29, 0.717) is 26.9 Å². The van der Waals surface area contributed by atoms with Gasteiger partial charge in [0.1, 0.15) is 21.9 Å². The van der Waals surface area contributed by atoms with Crippen molar-refractivity contribution in [3.8, 4) is 0 Å². The van der Waals surface area contributed by atoms with E-state index in [9.17, 15) is 18.8 Å². The van der Waals surface area contributed by atoms with Crippen LogP contribution < -0.4 is 16.6 Å². The average molecular weight is 447 g/mol. The zero-order chi connectivity index (χ0) is 21.4. The van der Waals surface area contributed by atoms with Gasteiger partial charge in [-0.1, -0.05) is 18.5 Å². The number of nitrogens with zero attached hydrogens (tertiary/aromatic N) is 3. The predicted molar refractivity (Wildman–Crippen MR) is 116 cm³/mol. The van der Waals surface area contributed by atoms with Crippen molar-refractivity contribution < 1.29 is 9.18 Å². The van der Waals surface area contributed by atoms with E-state index in [1.807, 2.05) is 6.92 Å². The van der Waals surface area contributed by atoms with Crippen molar-refractivity contribution in [3.05, 3.63) is 68.2 Å². The van der Waals surface area contributed by atoms with Crippen LogP contribution in [0.1, 0.15) is 13.3 Å². The molecule has 0 radical (unpaired) electrons. The number of hydrogen-bond donors (Lipinski definition) is 1. The quantitative estimate of drug-likeness (QED) is 0.507. The van der Waals surface area contributed by atoms with Gasteiger partial charge in [0.25, 0.3) is 5.56 Å². The molecule has 154 valence electrons. The molecule has 0 unspecified atom stereocenters. The maximum Gasteiger partial charge on any atom is 0.332 e. The van der Waals surface area contributed by atoms with E-state index < -0.39 is 23.0 Å². The standard InChI is InChI=1S/C20H16ClFN4O3S/c1-2-8-25-19(28)17-16(12-4-3-7-23-18(12)30-17)26(20(25)29)10-15(27)24-14-6-5-11(22)9-13(14)21/h3-7,9H,2,8,10H2,1H3,(H,24,27). The van der Waals surface area contributed by atoms with E-state index >= 15 is 0 Å². The van der Waals surface area contributed by atoms with Gasteiger partial charge in [-0.15, -0.1) is 11.3 Å². The fourth-order valence-corrected chi connectivity index (χ4v) is 4.59. The summed E-state index contributed by atoms with van der Waals surface area (Å²) in [5.74, 6) is -1.06. The summed E-state index contributed by atoms with van der Waals surface area (Å²) < 4.78 is 16.0. The van der Waals surface area contributed by atoms with Crippen molar-refractivity contribution in [1.82, 2.24) is 14.1 Å². The highest BCUT2D eigenvalue weighted by atomic mass is 35.5. The molecule has 0 saturated carbocycles. The van der Waals surface area contributed by atoms with Crippen LogP contribution in [0.3, 0.4) is 0 Å². The first-order chi connectivity index (χ1) is 14.4. The van der Waals surface area contributed by atoms with Crippen LogP contribution in [0.25, 0.3) is 20.4 Å². The normalized spacial score (nSPS) is 11.3. The lowest BCUT2D eigenvalue weighted by atomic mass is 10.3. The average Bonchev–Trinajstić information content (AvgIpc) is 3.10. The Morgan fingerprint density at radius 1 is 1.27 bits per heavy atom. The Morgan fingerprint density at radius 3 is 2.80 bits per heavy atom. The van der Waals surface area contributed by atoms with E-state index in [-0.39, 0.29) is 23.8 Å². The van der Waals surface area contributed by atoms with Crippen molar-refractivity contribution in [3.63, 3.8) is 0 Å². The molecule has 0 aliphatic carbocycles. The van der Waals surface area contributed by atoms with E-state index in [1.165, 1.54) is 28.0 Å². The molecular formula is C20H16ClFN4O3S. The first kappa shape index (κ1) is 20.2. The van der Waals surface area contributed by atoms with Gasteiger partial charge in [-0.3, -0.25) is 18.7 Å². The Morgan fingerprint density at radius 2 is 2.07 bits per heavy atom. The zero-order valence-electron chi connectivity index (χ0n) is 15.8. The van der Waals surface area contributed by atoms with Crippen LogP contribution in [0.5, 0.6) is 0 Å². The zero-order valence-corrected chi connectivity index (χ0v) is 17.4. The Hall–Kier alpha value is -3.04. The summed E-state index contributed by atoms with van der Waals surface area (Å²) in [6.07, 6.45) is 2.19. The molecule has 3 aromatic heterocycles. The predicted octanol–water partition coefficient (Wildman–Crippen LogP) is 3.61. The second kappa shape index (κ2) is 8.00. The number of halogens is 2. The lowest BCUT2D eigenvalue weighted by Gasteiger charge is -2.13. The van der Waals surface area contributed by atoms with E-state index in [2.05, 4.69) is 10.3 Å². The molecule has 10 heteroatoms. The molecule has 7 nitrogen and oxygen atoms in total. The van der Waals surface area contributed by atoms with Gasteiger partial charge in [-0.05, 0) is 36.8 Å². The largest absolute Gasteiger partial charge is 0.332 e. The summed E-state index contributed by atoms with van der Waals surface area (Å²) in [5, 5.41) is 3.26. The van der Waals surface area contributed by atoms with Gasteiger partial charge in [0, 0.05) is 18.1 Å². The number of aromatic nitrogens is 3. The summed E-state index contributed by atoms with van der Waals surface area (Å²) in [5.41, 5.74) is -0.353. The number of nitrogens with one attached hydrogen (secondary N) is 1. The van der Waals surface area contributed by atoms with Crippen molar-refractivity contribution in [2.24, 2.45) is 0 Å². The number of benzene rings is 1. The van der Waals surface area contributed by atoms with E-state index in [4.69, 9.17) is 11.6 Å². The van der Waals surface area contributed by atoms with Crippen LogP contribution in [0.15, 0.2) is 46.1 Å². The minimum Gasteiger partial charge on any atom is -0.323 e. The summed E-state index contributed by atoms with van der Waals surface area (Å²) >= 11 is 7.16. The molecule has 0 aliphatic heterocycles. The second-order valence-electron chi connectivity index (χ2n) is 6.63. The molecule has 1 N–H and O–H groups in total. The van der Waals surface area contributed by atoms with Crippen LogP contribution in [-0.4, -0.2) is 20.0 Å². The molecule has 4 aromatic rings. The highest BCUT2D eigenvalue weighted by Gasteiger charge is 2.20. The molecule has 1 amide bonds. The van der Waals surface area contributed by atoms with Crippen LogP contribution in [0, 0.1) is 5.82 Å². The van der Waals surface area contributed by atoms with E-state index in [1.54, 1.807) is 18.3 Å². The first-order valence-electron chi connectivity index (χ1n) is 9.16. The van der Waals surface area contributed by atoms with Gasteiger partial charge in [0.2, 0.25) is 5.91 Å². The number of thiophene rings is 1. The fourth-order valence-electron chi connectivity index (χ4n) is 3.28. The lowest BCUT2D eigenvalue weighted by molar-refractivity contribution is -0.116. The van der Waals surface area contributed by atoms with Crippen LogP contribution >= 0.6 is 22.9 Å². The molecule has 0 saturated heterocycles. The van der Waals surface area contributed by atoms with Crippen molar-refractivity contribution in [1.29, 1.82) is 0 Å². The SMILES string of the molecule is CCCn1c(=O)c2sc3ncccc3c2n(CC(=O)Nc2ccc(F)cc2Cl)c1=O. The molecule has 0 aliphatic rings. The molecule has 1 aromatic carbocycles. The summed E-state index contributed by atoms with van der Waals surface area (Å²) in [6, 6.07) is 7.07. The highest BCUT2D eigenvalue weighted by Crippen LogP contribution is 2.29. The molecule has 0 atom stereocenters. The molecule has 0 bridgehead atoms. The third-order valence-corrected chi connectivity index (χ3v) is 5.97. The first-order valence-corrected chi connectivity index (χ1v) is 10.4. The molecule has 30 heavy (non-hydrogen) atoms. The molecule has 3 heterocycles. The molecular weight excluding hydrogens is 431 g/mol. The lowest BCUT2D eigenvalue weighted by Crippen LogP contribution is -2.41. The topological polar surface area (TPSA) is 86.0 Å². The van der Waals surface area contributed by atoms with Crippen LogP contribution in [0.4, 0.5) is 10.1 Å². The number of carbonyl (C=O) groups is 1. The van der Waals surface area contributed by atoms with Gasteiger partial charge in [-0.25, -0.2) is 14.2 Å². The smallest absolute Gasteiger partial charge is 0.323 e. The highest BCUT2D eigenvalue weighted by molar-refractivity contribution is 7.25. The number of fused-ring (bicyclic) bond motifs is 3. The fraction of sp³-hybridized carbons (Fsp3) is 0.200. The maximum atomic E-state index is 13.2. The Labute approximate surface area is 178 Å². The van der Waals surface area contributed by atoms with Gasteiger partial charge in [0.15, 0.2) is 0 Å². The van der Waals surface area contributed by atoms with Gasteiger partial charge >= 0.3 is 5.69 Å². The Kier molecular flexibility index (Phi) is 5.40. The minimum atomic E-state index is -0.571. The Bertz CT molecular complexity index is 1410. The maximum absolute atomic E-state index is 13.2. The second-order valence-corrected chi connectivity index (χ2v) is 8.04. The number of carbonyl (C=O) groups excluding carboxylic acids is 1. The van der Waals surface area contributed by atoms with Crippen molar-refractivity contribution in [2.75, 3.05) is 5.32 Å². The number of amides is 1. The molecule has 4 rings (SSSR count). The summed E-state index contributed by atoms with van der Waals surface area (Å²) in [4.78, 5) is 43.6. The molecule has 0 fully saturated rings. The summed E-state index contributed by atoms with van der Waals surface area (Å²) in [6.45, 7) is 1.75. The van der Waals surface area contributed by atoms with Crippen molar-refractivity contribution >= 4 is 55.0 Å². The van der Waals surface area contributed by atoms with Crippen molar-refractivity contribution in [2.45, 2.75) is 26.4 Å². The third kappa shape index (κ3) is 3.50. The van der Waals surface area contributed by atoms with E-state index in [0.717, 1.165) is 10.6 Å². The number of hydrogen-bond acceptors (Lipinski definition) is 5. The minimum absolute atomic E-state index is 0.0435. The monoisotopic (exact) mass is 446 g/mol. The summed E-state index contributed by atoms with van der Waals surface area (Å²) in [7, 11) is 0. The van der Waals surface area contributed by atoms with Crippen LogP contribution in [0.2, 0.25) is 5.02 Å². The third-order valence-electron chi connectivity index (χ3n) is 4.57.